The lowest BCUT2D eigenvalue weighted by Crippen LogP contribution is -2.41. The highest BCUT2D eigenvalue weighted by Gasteiger charge is 2.42. The number of hydrogen-bond acceptors (Lipinski definition) is 3. The third kappa shape index (κ3) is 4.47. The molecule has 0 bridgehead atoms. The van der Waals surface area contributed by atoms with Gasteiger partial charge in [-0.3, -0.25) is 4.79 Å². The second-order valence-corrected chi connectivity index (χ2v) is 7.55. The van der Waals surface area contributed by atoms with Gasteiger partial charge in [-0.2, -0.15) is 0 Å². The van der Waals surface area contributed by atoms with Crippen molar-refractivity contribution in [3.05, 3.63) is 0 Å². The maximum Gasteiger partial charge on any atom is 0.314 e. The SMILES string of the molecule is CCOC(CC1CCCC1)OC(=O)C(C)(C)C(C)(C)C. The maximum absolute atomic E-state index is 12.5. The molecule has 0 amide bonds. The lowest BCUT2D eigenvalue weighted by Gasteiger charge is -2.37. The zero-order valence-electron chi connectivity index (χ0n) is 14.1. The smallest absolute Gasteiger partial charge is 0.314 e. The molecule has 0 N–H and O–H groups in total. The summed E-state index contributed by atoms with van der Waals surface area (Å²) >= 11 is 0. The molecule has 0 aromatic rings. The monoisotopic (exact) mass is 284 g/mol. The Morgan fingerprint density at radius 1 is 1.15 bits per heavy atom. The van der Waals surface area contributed by atoms with E-state index in [1.54, 1.807) is 0 Å². The molecule has 1 aliphatic carbocycles. The lowest BCUT2D eigenvalue weighted by atomic mass is 9.69. The van der Waals surface area contributed by atoms with E-state index in [2.05, 4.69) is 20.8 Å². The van der Waals surface area contributed by atoms with Crippen molar-refractivity contribution in [2.45, 2.75) is 79.9 Å². The van der Waals surface area contributed by atoms with Crippen LogP contribution in [0.2, 0.25) is 0 Å². The molecule has 1 atom stereocenters. The normalized spacial score (nSPS) is 19.1. The summed E-state index contributed by atoms with van der Waals surface area (Å²) in [5.74, 6) is 0.499. The zero-order chi connectivity index (χ0) is 15.4. The van der Waals surface area contributed by atoms with E-state index in [1.165, 1.54) is 25.7 Å². The van der Waals surface area contributed by atoms with Crippen LogP contribution in [0, 0.1) is 16.7 Å². The molecule has 0 aromatic carbocycles. The Kier molecular flexibility index (Phi) is 6.06. The van der Waals surface area contributed by atoms with E-state index in [4.69, 9.17) is 9.47 Å². The van der Waals surface area contributed by atoms with E-state index in [-0.39, 0.29) is 17.7 Å². The molecule has 0 aromatic heterocycles. The highest BCUT2D eigenvalue weighted by molar-refractivity contribution is 5.77. The molecule has 3 nitrogen and oxygen atoms in total. The van der Waals surface area contributed by atoms with E-state index in [9.17, 15) is 4.79 Å². The van der Waals surface area contributed by atoms with Crippen LogP contribution in [0.25, 0.3) is 0 Å². The summed E-state index contributed by atoms with van der Waals surface area (Å²) < 4.78 is 11.3. The molecule has 0 radical (unpaired) electrons. The number of hydrogen-bond donors (Lipinski definition) is 0. The number of esters is 1. The molecule has 1 saturated carbocycles. The lowest BCUT2D eigenvalue weighted by molar-refractivity contribution is -0.196. The molecule has 1 unspecified atom stereocenters. The Morgan fingerprint density at radius 3 is 2.15 bits per heavy atom. The van der Waals surface area contributed by atoms with Crippen molar-refractivity contribution in [1.29, 1.82) is 0 Å². The zero-order valence-corrected chi connectivity index (χ0v) is 14.1. The van der Waals surface area contributed by atoms with Gasteiger partial charge < -0.3 is 9.47 Å². The minimum Gasteiger partial charge on any atom is -0.435 e. The summed E-state index contributed by atoms with van der Waals surface area (Å²) in [7, 11) is 0. The van der Waals surface area contributed by atoms with Crippen molar-refractivity contribution < 1.29 is 14.3 Å². The van der Waals surface area contributed by atoms with E-state index in [0.29, 0.717) is 12.5 Å². The minimum atomic E-state index is -0.516. The van der Waals surface area contributed by atoms with E-state index < -0.39 is 5.41 Å². The summed E-state index contributed by atoms with van der Waals surface area (Å²) in [6.45, 7) is 12.6. The molecule has 1 aliphatic rings. The van der Waals surface area contributed by atoms with Crippen LogP contribution in [0.5, 0.6) is 0 Å². The molecule has 0 aliphatic heterocycles. The fourth-order valence-corrected chi connectivity index (χ4v) is 2.43. The molecule has 118 valence electrons. The second kappa shape index (κ2) is 6.93. The van der Waals surface area contributed by atoms with Crippen molar-refractivity contribution in [3.63, 3.8) is 0 Å². The minimum absolute atomic E-state index is 0.131. The van der Waals surface area contributed by atoms with Gasteiger partial charge in [0, 0.05) is 13.0 Å². The van der Waals surface area contributed by atoms with Crippen molar-refractivity contribution in [1.82, 2.24) is 0 Å². The predicted molar refractivity (Wildman–Crippen MR) is 81.3 cm³/mol. The average Bonchev–Trinajstić information content (AvgIpc) is 2.80. The fraction of sp³-hybridized carbons (Fsp3) is 0.941. The molecule has 0 spiro atoms. The highest BCUT2D eigenvalue weighted by atomic mass is 16.7. The molecule has 1 rings (SSSR count). The average molecular weight is 284 g/mol. The maximum atomic E-state index is 12.5. The van der Waals surface area contributed by atoms with E-state index >= 15 is 0 Å². The van der Waals surface area contributed by atoms with Gasteiger partial charge in [0.1, 0.15) is 0 Å². The Labute approximate surface area is 124 Å². The first-order valence-electron chi connectivity index (χ1n) is 8.01. The first kappa shape index (κ1) is 17.5. The van der Waals surface area contributed by atoms with Crippen molar-refractivity contribution in [3.8, 4) is 0 Å². The van der Waals surface area contributed by atoms with Gasteiger partial charge in [-0.15, -0.1) is 0 Å². The second-order valence-electron chi connectivity index (χ2n) is 7.55. The van der Waals surface area contributed by atoms with Gasteiger partial charge in [0.05, 0.1) is 5.41 Å². The Hall–Kier alpha value is -0.570. The summed E-state index contributed by atoms with van der Waals surface area (Å²) in [6.07, 6.45) is 5.54. The molecular formula is C17H32O3. The quantitative estimate of drug-likeness (QED) is 0.530. The predicted octanol–water partition coefficient (Wildman–Crippen LogP) is 4.54. The summed E-state index contributed by atoms with van der Waals surface area (Å²) in [4.78, 5) is 12.5. The Balaban J connectivity index is 2.62. The van der Waals surface area contributed by atoms with Crippen molar-refractivity contribution in [2.24, 2.45) is 16.7 Å². The molecule has 0 saturated heterocycles. The van der Waals surface area contributed by atoms with Gasteiger partial charge in [0.15, 0.2) is 0 Å². The summed E-state index contributed by atoms with van der Waals surface area (Å²) in [6, 6.07) is 0. The van der Waals surface area contributed by atoms with Gasteiger partial charge in [0.25, 0.3) is 0 Å². The molecule has 20 heavy (non-hydrogen) atoms. The third-order valence-electron chi connectivity index (χ3n) is 4.98. The topological polar surface area (TPSA) is 35.5 Å². The molecule has 3 heteroatoms. The Morgan fingerprint density at radius 2 is 1.70 bits per heavy atom. The third-order valence-corrected chi connectivity index (χ3v) is 4.98. The fourth-order valence-electron chi connectivity index (χ4n) is 2.43. The summed E-state index contributed by atoms with van der Waals surface area (Å²) in [5.41, 5.74) is -0.647. The largest absolute Gasteiger partial charge is 0.435 e. The van der Waals surface area contributed by atoms with Crippen LogP contribution in [0.15, 0.2) is 0 Å². The van der Waals surface area contributed by atoms with Gasteiger partial charge in [-0.1, -0.05) is 46.5 Å². The van der Waals surface area contributed by atoms with Gasteiger partial charge >= 0.3 is 5.97 Å². The van der Waals surface area contributed by atoms with Gasteiger partial charge in [-0.05, 0) is 32.1 Å². The highest BCUT2D eigenvalue weighted by Crippen LogP contribution is 2.39. The van der Waals surface area contributed by atoms with Crippen molar-refractivity contribution >= 4 is 5.97 Å². The Bertz CT molecular complexity index is 309. The van der Waals surface area contributed by atoms with Crippen LogP contribution < -0.4 is 0 Å². The summed E-state index contributed by atoms with van der Waals surface area (Å²) in [5, 5.41) is 0. The van der Waals surface area contributed by atoms with Gasteiger partial charge in [0.2, 0.25) is 6.29 Å². The first-order chi connectivity index (χ1) is 9.18. The number of carbonyl (C=O) groups is 1. The standard InChI is InChI=1S/C17H32O3/c1-7-19-14(12-13-10-8-9-11-13)20-15(18)17(5,6)16(2,3)4/h13-14H,7-12H2,1-6H3. The van der Waals surface area contributed by atoms with Gasteiger partial charge in [-0.25, -0.2) is 0 Å². The van der Waals surface area contributed by atoms with Crippen LogP contribution in [0.4, 0.5) is 0 Å². The molecular weight excluding hydrogens is 252 g/mol. The number of carbonyl (C=O) groups excluding carboxylic acids is 1. The van der Waals surface area contributed by atoms with Crippen LogP contribution in [0.1, 0.15) is 73.6 Å². The van der Waals surface area contributed by atoms with Crippen molar-refractivity contribution in [2.75, 3.05) is 6.61 Å². The number of rotatable bonds is 6. The van der Waals surface area contributed by atoms with E-state index in [0.717, 1.165) is 6.42 Å². The number of ether oxygens (including phenoxy) is 2. The van der Waals surface area contributed by atoms with Crippen LogP contribution >= 0.6 is 0 Å². The molecule has 1 fully saturated rings. The first-order valence-corrected chi connectivity index (χ1v) is 8.01. The van der Waals surface area contributed by atoms with Crippen LogP contribution in [0.3, 0.4) is 0 Å². The van der Waals surface area contributed by atoms with Crippen LogP contribution in [-0.4, -0.2) is 18.9 Å². The van der Waals surface area contributed by atoms with E-state index in [1.807, 2.05) is 20.8 Å². The van der Waals surface area contributed by atoms with Crippen LogP contribution in [-0.2, 0) is 14.3 Å². The molecule has 0 heterocycles.